The Hall–Kier alpha value is -2.89. The zero-order chi connectivity index (χ0) is 18.4. The minimum atomic E-state index is -1.08. The summed E-state index contributed by atoms with van der Waals surface area (Å²) in [5.74, 6) is -2.17. The number of benzene rings is 2. The Morgan fingerprint density at radius 3 is 2.48 bits per heavy atom. The van der Waals surface area contributed by atoms with Gasteiger partial charge >= 0.3 is 5.97 Å². The van der Waals surface area contributed by atoms with E-state index in [-0.39, 0.29) is 18.9 Å². The second-order valence-electron chi connectivity index (χ2n) is 5.74. The molecule has 0 bridgehead atoms. The first-order valence-corrected chi connectivity index (χ1v) is 7.79. The Kier molecular flexibility index (Phi) is 6.11. The van der Waals surface area contributed by atoms with E-state index in [1.54, 1.807) is 6.07 Å². The van der Waals surface area contributed by atoms with E-state index >= 15 is 0 Å². The lowest BCUT2D eigenvalue weighted by Gasteiger charge is -2.15. The highest BCUT2D eigenvalue weighted by Crippen LogP contribution is 2.20. The van der Waals surface area contributed by atoms with Crippen molar-refractivity contribution in [3.63, 3.8) is 0 Å². The molecule has 0 aliphatic carbocycles. The van der Waals surface area contributed by atoms with E-state index in [0.29, 0.717) is 11.3 Å². The van der Waals surface area contributed by atoms with Gasteiger partial charge in [-0.3, -0.25) is 9.59 Å². The number of hydrogen-bond donors (Lipinski definition) is 2. The van der Waals surface area contributed by atoms with Crippen LogP contribution in [0.5, 0.6) is 5.75 Å². The molecule has 0 fully saturated rings. The third-order valence-corrected chi connectivity index (χ3v) is 3.86. The Morgan fingerprint density at radius 1 is 1.20 bits per heavy atom. The first-order chi connectivity index (χ1) is 11.9. The van der Waals surface area contributed by atoms with E-state index in [4.69, 9.17) is 4.74 Å². The predicted octanol–water partition coefficient (Wildman–Crippen LogP) is 2.67. The van der Waals surface area contributed by atoms with Gasteiger partial charge in [-0.2, -0.15) is 0 Å². The fourth-order valence-corrected chi connectivity index (χ4v) is 2.54. The first-order valence-electron chi connectivity index (χ1n) is 7.79. The molecular weight excluding hydrogens is 325 g/mol. The molecule has 0 radical (unpaired) electrons. The molecule has 0 saturated carbocycles. The van der Waals surface area contributed by atoms with E-state index in [2.05, 4.69) is 5.32 Å². The number of aliphatic carboxylic acids is 1. The molecule has 1 atom stereocenters. The van der Waals surface area contributed by atoms with Crippen molar-refractivity contribution < 1.29 is 23.8 Å². The lowest BCUT2D eigenvalue weighted by molar-refractivity contribution is -0.138. The molecule has 1 amide bonds. The molecule has 2 aromatic carbocycles. The van der Waals surface area contributed by atoms with Crippen LogP contribution in [-0.4, -0.2) is 30.6 Å². The van der Waals surface area contributed by atoms with Crippen LogP contribution in [0.1, 0.15) is 22.6 Å². The number of amides is 1. The maximum Gasteiger partial charge on any atom is 0.312 e. The number of halogens is 1. The summed E-state index contributed by atoms with van der Waals surface area (Å²) in [6, 6.07) is 10.7. The van der Waals surface area contributed by atoms with Crippen molar-refractivity contribution in [1.29, 1.82) is 0 Å². The molecule has 6 heteroatoms. The zero-order valence-electron chi connectivity index (χ0n) is 14.1. The quantitative estimate of drug-likeness (QED) is 0.809. The van der Waals surface area contributed by atoms with Crippen LogP contribution in [-0.2, 0) is 16.0 Å². The Morgan fingerprint density at radius 2 is 1.88 bits per heavy atom. The maximum atomic E-state index is 13.0. The lowest BCUT2D eigenvalue weighted by atomic mass is 9.99. The first kappa shape index (κ1) is 18.4. The van der Waals surface area contributed by atoms with Crippen LogP contribution in [0, 0.1) is 12.7 Å². The van der Waals surface area contributed by atoms with Crippen LogP contribution in [0.25, 0.3) is 0 Å². The van der Waals surface area contributed by atoms with Crippen LogP contribution in [0.15, 0.2) is 42.5 Å². The number of methoxy groups -OCH3 is 1. The molecule has 132 valence electrons. The molecule has 5 nitrogen and oxygen atoms in total. The summed E-state index contributed by atoms with van der Waals surface area (Å²) in [7, 11) is 1.53. The Bertz CT molecular complexity index is 759. The van der Waals surface area contributed by atoms with Gasteiger partial charge in [0.1, 0.15) is 11.6 Å². The fraction of sp³-hybridized carbons (Fsp3) is 0.263. The minimum Gasteiger partial charge on any atom is -0.496 e. The highest BCUT2D eigenvalue weighted by molar-refractivity contribution is 5.81. The molecule has 25 heavy (non-hydrogen) atoms. The van der Waals surface area contributed by atoms with Crippen LogP contribution in [0.3, 0.4) is 0 Å². The number of carboxylic acid groups (broad SMARTS) is 1. The molecule has 0 aliphatic heterocycles. The highest BCUT2D eigenvalue weighted by atomic mass is 19.1. The number of carboxylic acids is 1. The summed E-state index contributed by atoms with van der Waals surface area (Å²) in [4.78, 5) is 23.6. The van der Waals surface area contributed by atoms with Crippen LogP contribution in [0.2, 0.25) is 0 Å². The van der Waals surface area contributed by atoms with Gasteiger partial charge in [-0.1, -0.05) is 29.8 Å². The van der Waals surface area contributed by atoms with Gasteiger partial charge in [-0.25, -0.2) is 4.39 Å². The summed E-state index contributed by atoms with van der Waals surface area (Å²) in [6.07, 6.45) is 0.0839. The summed E-state index contributed by atoms with van der Waals surface area (Å²) in [6.45, 7) is 1.84. The van der Waals surface area contributed by atoms with Crippen molar-refractivity contribution >= 4 is 11.9 Å². The van der Waals surface area contributed by atoms with Gasteiger partial charge in [0.2, 0.25) is 5.91 Å². The van der Waals surface area contributed by atoms with E-state index in [1.165, 1.54) is 31.4 Å². The zero-order valence-corrected chi connectivity index (χ0v) is 14.1. The third-order valence-electron chi connectivity index (χ3n) is 3.86. The third kappa shape index (κ3) is 5.04. The van der Waals surface area contributed by atoms with Crippen molar-refractivity contribution in [2.75, 3.05) is 13.7 Å². The summed E-state index contributed by atoms with van der Waals surface area (Å²) < 4.78 is 18.2. The molecule has 2 rings (SSSR count). The van der Waals surface area contributed by atoms with Gasteiger partial charge in [-0.05, 0) is 30.7 Å². The Balaban J connectivity index is 2.03. The summed E-state index contributed by atoms with van der Waals surface area (Å²) >= 11 is 0. The highest BCUT2D eigenvalue weighted by Gasteiger charge is 2.21. The molecule has 0 saturated heterocycles. The van der Waals surface area contributed by atoms with Gasteiger partial charge in [0.05, 0.1) is 19.4 Å². The molecular formula is C19H20FNO4. The monoisotopic (exact) mass is 345 g/mol. The van der Waals surface area contributed by atoms with Crippen molar-refractivity contribution in [3.05, 3.63) is 65.0 Å². The second-order valence-corrected chi connectivity index (χ2v) is 5.74. The van der Waals surface area contributed by atoms with E-state index in [0.717, 1.165) is 11.1 Å². The van der Waals surface area contributed by atoms with Crippen LogP contribution in [0.4, 0.5) is 4.39 Å². The van der Waals surface area contributed by atoms with E-state index in [9.17, 15) is 19.1 Å². The predicted molar refractivity (Wildman–Crippen MR) is 91.2 cm³/mol. The number of rotatable bonds is 7. The maximum absolute atomic E-state index is 13.0. The normalized spacial score (nSPS) is 11.6. The summed E-state index contributed by atoms with van der Waals surface area (Å²) in [5, 5.41) is 12.0. The molecule has 1 unspecified atom stereocenters. The van der Waals surface area contributed by atoms with Crippen molar-refractivity contribution in [2.24, 2.45) is 0 Å². The Labute approximate surface area is 145 Å². The molecule has 2 aromatic rings. The largest absolute Gasteiger partial charge is 0.496 e. The standard InChI is InChI=1S/C19H20FNO4/c1-12-3-8-17(25-2)14(9-12)10-18(22)21-11-16(19(23)24)13-4-6-15(20)7-5-13/h3-9,16H,10-11H2,1-2H3,(H,21,22)(H,23,24). The van der Waals surface area contributed by atoms with Gasteiger partial charge in [0.25, 0.3) is 0 Å². The minimum absolute atomic E-state index is 0.0755. The van der Waals surface area contributed by atoms with Crippen molar-refractivity contribution in [3.8, 4) is 5.75 Å². The number of carbonyl (C=O) groups excluding carboxylic acids is 1. The van der Waals surface area contributed by atoms with Crippen molar-refractivity contribution in [1.82, 2.24) is 5.32 Å². The summed E-state index contributed by atoms with van der Waals surface area (Å²) in [5.41, 5.74) is 2.16. The van der Waals surface area contributed by atoms with Gasteiger partial charge in [0, 0.05) is 12.1 Å². The van der Waals surface area contributed by atoms with Crippen LogP contribution < -0.4 is 10.1 Å². The van der Waals surface area contributed by atoms with Gasteiger partial charge in [-0.15, -0.1) is 0 Å². The molecule has 0 aliphatic rings. The molecule has 0 heterocycles. The number of ether oxygens (including phenoxy) is 1. The smallest absolute Gasteiger partial charge is 0.312 e. The molecule has 2 N–H and O–H groups in total. The van der Waals surface area contributed by atoms with Crippen LogP contribution >= 0.6 is 0 Å². The average Bonchev–Trinajstić information content (AvgIpc) is 2.56. The average molecular weight is 345 g/mol. The van der Waals surface area contributed by atoms with E-state index < -0.39 is 17.7 Å². The second kappa shape index (κ2) is 8.28. The number of aryl methyl sites for hydroxylation is 1. The van der Waals surface area contributed by atoms with Crippen molar-refractivity contribution in [2.45, 2.75) is 19.3 Å². The molecule has 0 spiro atoms. The van der Waals surface area contributed by atoms with E-state index in [1.807, 2.05) is 19.1 Å². The van der Waals surface area contributed by atoms with Gasteiger partial charge in [0.15, 0.2) is 0 Å². The topological polar surface area (TPSA) is 75.6 Å². The number of nitrogens with one attached hydrogen (secondary N) is 1. The molecule has 0 aromatic heterocycles. The number of carbonyl (C=O) groups is 2. The fourth-order valence-electron chi connectivity index (χ4n) is 2.54. The SMILES string of the molecule is COc1ccc(C)cc1CC(=O)NCC(C(=O)O)c1ccc(F)cc1. The lowest BCUT2D eigenvalue weighted by Crippen LogP contribution is -2.32. The number of hydrogen-bond acceptors (Lipinski definition) is 3. The van der Waals surface area contributed by atoms with Gasteiger partial charge < -0.3 is 15.2 Å².